The van der Waals surface area contributed by atoms with Gasteiger partial charge in [-0.25, -0.2) is 0 Å². The Morgan fingerprint density at radius 2 is 1.94 bits per heavy atom. The normalized spacial score (nSPS) is 23.8. The number of benzene rings is 1. The third-order valence-corrected chi connectivity index (χ3v) is 3.27. The molecule has 0 bridgehead atoms. The first-order valence-electron chi connectivity index (χ1n) is 5.98. The molecule has 16 heavy (non-hydrogen) atoms. The summed E-state index contributed by atoms with van der Waals surface area (Å²) >= 11 is 0. The number of carbonyl (C=O) groups excluding carboxylic acids is 1. The molecule has 1 heteroatoms. The molecular weight excluding hydrogens is 196 g/mol. The highest BCUT2D eigenvalue weighted by Gasteiger charge is 2.22. The van der Waals surface area contributed by atoms with Gasteiger partial charge in [0, 0.05) is 5.92 Å². The van der Waals surface area contributed by atoms with Crippen molar-refractivity contribution in [1.82, 2.24) is 0 Å². The Hall–Kier alpha value is -1.37. The molecule has 0 aliphatic heterocycles. The van der Waals surface area contributed by atoms with Crippen LogP contribution in [0.4, 0.5) is 0 Å². The highest BCUT2D eigenvalue weighted by atomic mass is 16.1. The molecule has 0 heterocycles. The Labute approximate surface area is 97.2 Å². The molecule has 0 amide bonds. The molecule has 84 valence electrons. The number of aryl methyl sites for hydroxylation is 1. The maximum absolute atomic E-state index is 11.9. The second-order valence-corrected chi connectivity index (χ2v) is 4.74. The SMILES string of the molecule is Cc1ccc(/C=C2\CCCC(C)C2=O)cc1. The van der Waals surface area contributed by atoms with Gasteiger partial charge in [0.25, 0.3) is 0 Å². The third kappa shape index (κ3) is 2.41. The van der Waals surface area contributed by atoms with Crippen LogP contribution in [0.25, 0.3) is 6.08 Å². The van der Waals surface area contributed by atoms with Crippen molar-refractivity contribution >= 4 is 11.9 Å². The first-order chi connectivity index (χ1) is 7.66. The minimum atomic E-state index is 0.213. The zero-order valence-corrected chi connectivity index (χ0v) is 9.99. The molecule has 1 aromatic rings. The van der Waals surface area contributed by atoms with Crippen LogP contribution in [0.3, 0.4) is 0 Å². The minimum absolute atomic E-state index is 0.213. The van der Waals surface area contributed by atoms with E-state index < -0.39 is 0 Å². The lowest BCUT2D eigenvalue weighted by Gasteiger charge is -2.19. The molecule has 0 radical (unpaired) electrons. The molecule has 1 saturated carbocycles. The number of allylic oxidation sites excluding steroid dienone is 1. The van der Waals surface area contributed by atoms with Crippen molar-refractivity contribution < 1.29 is 4.79 Å². The summed E-state index contributed by atoms with van der Waals surface area (Å²) in [7, 11) is 0. The fourth-order valence-corrected chi connectivity index (χ4v) is 2.18. The van der Waals surface area contributed by atoms with Crippen LogP contribution < -0.4 is 0 Å². The van der Waals surface area contributed by atoms with Crippen molar-refractivity contribution in [3.8, 4) is 0 Å². The molecule has 0 saturated heterocycles. The van der Waals surface area contributed by atoms with E-state index in [0.29, 0.717) is 5.78 Å². The smallest absolute Gasteiger partial charge is 0.161 e. The van der Waals surface area contributed by atoms with E-state index in [0.717, 1.165) is 30.4 Å². The quantitative estimate of drug-likeness (QED) is 0.650. The van der Waals surface area contributed by atoms with Crippen molar-refractivity contribution in [2.45, 2.75) is 33.1 Å². The molecule has 1 aromatic carbocycles. The third-order valence-electron chi connectivity index (χ3n) is 3.27. The Kier molecular flexibility index (Phi) is 3.23. The topological polar surface area (TPSA) is 17.1 Å². The second kappa shape index (κ2) is 4.65. The monoisotopic (exact) mass is 214 g/mol. The van der Waals surface area contributed by atoms with E-state index in [1.807, 2.05) is 6.92 Å². The van der Waals surface area contributed by atoms with Crippen LogP contribution in [0.2, 0.25) is 0 Å². The molecular formula is C15H18O. The average molecular weight is 214 g/mol. The summed E-state index contributed by atoms with van der Waals surface area (Å²) in [4.78, 5) is 11.9. The van der Waals surface area contributed by atoms with Gasteiger partial charge in [-0.2, -0.15) is 0 Å². The van der Waals surface area contributed by atoms with Gasteiger partial charge in [-0.3, -0.25) is 4.79 Å². The molecule has 1 atom stereocenters. The van der Waals surface area contributed by atoms with E-state index in [1.54, 1.807) is 0 Å². The fourth-order valence-electron chi connectivity index (χ4n) is 2.18. The fraction of sp³-hybridized carbons (Fsp3) is 0.400. The van der Waals surface area contributed by atoms with Crippen molar-refractivity contribution in [3.05, 3.63) is 41.0 Å². The zero-order valence-electron chi connectivity index (χ0n) is 9.99. The summed E-state index contributed by atoms with van der Waals surface area (Å²) < 4.78 is 0. The van der Waals surface area contributed by atoms with Gasteiger partial charge in [-0.15, -0.1) is 0 Å². The zero-order chi connectivity index (χ0) is 11.5. The van der Waals surface area contributed by atoms with Gasteiger partial charge < -0.3 is 0 Å². The lowest BCUT2D eigenvalue weighted by molar-refractivity contribution is -0.119. The highest BCUT2D eigenvalue weighted by molar-refractivity contribution is 6.01. The van der Waals surface area contributed by atoms with Gasteiger partial charge in [0.1, 0.15) is 0 Å². The molecule has 1 fully saturated rings. The van der Waals surface area contributed by atoms with Crippen LogP contribution in [0.1, 0.15) is 37.3 Å². The van der Waals surface area contributed by atoms with E-state index in [-0.39, 0.29) is 5.92 Å². The molecule has 1 nitrogen and oxygen atoms in total. The number of hydrogen-bond donors (Lipinski definition) is 0. The lowest BCUT2D eigenvalue weighted by atomic mass is 9.84. The predicted molar refractivity (Wildman–Crippen MR) is 67.2 cm³/mol. The lowest BCUT2D eigenvalue weighted by Crippen LogP contribution is -2.18. The molecule has 0 spiro atoms. The first kappa shape index (κ1) is 11.1. The number of hydrogen-bond acceptors (Lipinski definition) is 1. The maximum atomic E-state index is 11.9. The summed E-state index contributed by atoms with van der Waals surface area (Å²) in [6.07, 6.45) is 5.18. The standard InChI is InChI=1S/C15H18O/c1-11-6-8-13(9-7-11)10-14-5-3-4-12(2)15(14)16/h6-10,12H,3-5H2,1-2H3/b14-10+. The van der Waals surface area contributed by atoms with Gasteiger partial charge in [0.15, 0.2) is 5.78 Å². The Balaban J connectivity index is 2.23. The molecule has 1 aliphatic carbocycles. The van der Waals surface area contributed by atoms with Crippen molar-refractivity contribution in [2.75, 3.05) is 0 Å². The Morgan fingerprint density at radius 1 is 1.25 bits per heavy atom. The van der Waals surface area contributed by atoms with Gasteiger partial charge in [-0.1, -0.05) is 36.8 Å². The Morgan fingerprint density at radius 3 is 2.62 bits per heavy atom. The van der Waals surface area contributed by atoms with Crippen LogP contribution in [-0.4, -0.2) is 5.78 Å². The van der Waals surface area contributed by atoms with Gasteiger partial charge in [-0.05, 0) is 43.4 Å². The van der Waals surface area contributed by atoms with Gasteiger partial charge in [0.2, 0.25) is 0 Å². The molecule has 0 aromatic heterocycles. The van der Waals surface area contributed by atoms with E-state index in [2.05, 4.69) is 37.3 Å². The summed E-state index contributed by atoms with van der Waals surface area (Å²) in [6, 6.07) is 8.33. The number of carbonyl (C=O) groups is 1. The van der Waals surface area contributed by atoms with Crippen molar-refractivity contribution in [1.29, 1.82) is 0 Å². The summed E-state index contributed by atoms with van der Waals surface area (Å²) in [6.45, 7) is 4.11. The van der Waals surface area contributed by atoms with Crippen LogP contribution in [-0.2, 0) is 4.79 Å². The molecule has 2 rings (SSSR count). The van der Waals surface area contributed by atoms with Crippen molar-refractivity contribution in [2.24, 2.45) is 5.92 Å². The van der Waals surface area contributed by atoms with Crippen LogP contribution in [0.15, 0.2) is 29.8 Å². The van der Waals surface area contributed by atoms with Crippen molar-refractivity contribution in [3.63, 3.8) is 0 Å². The van der Waals surface area contributed by atoms with Gasteiger partial charge in [0.05, 0.1) is 0 Å². The number of Topliss-reactive ketones (excluding diaryl/α,β-unsaturated/α-hetero) is 1. The van der Waals surface area contributed by atoms with E-state index in [1.165, 1.54) is 5.56 Å². The summed E-state index contributed by atoms with van der Waals surface area (Å²) in [5, 5.41) is 0. The molecule has 0 N–H and O–H groups in total. The van der Waals surface area contributed by atoms with Gasteiger partial charge >= 0.3 is 0 Å². The summed E-state index contributed by atoms with van der Waals surface area (Å²) in [5.41, 5.74) is 3.40. The second-order valence-electron chi connectivity index (χ2n) is 4.74. The van der Waals surface area contributed by atoms with E-state index in [9.17, 15) is 4.79 Å². The average Bonchev–Trinajstić information content (AvgIpc) is 2.28. The summed E-state index contributed by atoms with van der Waals surface area (Å²) in [5.74, 6) is 0.553. The van der Waals surface area contributed by atoms with E-state index >= 15 is 0 Å². The van der Waals surface area contributed by atoms with Crippen LogP contribution in [0.5, 0.6) is 0 Å². The maximum Gasteiger partial charge on any atom is 0.161 e. The van der Waals surface area contributed by atoms with E-state index in [4.69, 9.17) is 0 Å². The predicted octanol–water partition coefficient (Wildman–Crippen LogP) is 3.77. The number of rotatable bonds is 1. The first-order valence-corrected chi connectivity index (χ1v) is 5.98. The largest absolute Gasteiger partial charge is 0.294 e. The van der Waals surface area contributed by atoms with Crippen LogP contribution >= 0.6 is 0 Å². The molecule has 1 aliphatic rings. The Bertz CT molecular complexity index is 412. The minimum Gasteiger partial charge on any atom is -0.294 e. The number of ketones is 1. The van der Waals surface area contributed by atoms with Crippen LogP contribution in [0, 0.1) is 12.8 Å². The molecule has 1 unspecified atom stereocenters. The highest BCUT2D eigenvalue weighted by Crippen LogP contribution is 2.26.